The van der Waals surface area contributed by atoms with Crippen molar-refractivity contribution in [2.24, 2.45) is 10.8 Å². The number of halogens is 2. The highest BCUT2D eigenvalue weighted by molar-refractivity contribution is 7.19. The Morgan fingerprint density at radius 2 is 1.63 bits per heavy atom. The lowest BCUT2D eigenvalue weighted by Gasteiger charge is -2.16. The van der Waals surface area contributed by atoms with Crippen molar-refractivity contribution in [3.05, 3.63) is 77.3 Å². The number of anilines is 2. The molecule has 1 aliphatic heterocycles. The van der Waals surface area contributed by atoms with Crippen molar-refractivity contribution in [1.29, 1.82) is 0 Å². The largest absolute Gasteiger partial charge is 0.453 e. The van der Waals surface area contributed by atoms with Crippen molar-refractivity contribution < 1.29 is 23.1 Å². The third kappa shape index (κ3) is 5.17. The van der Waals surface area contributed by atoms with Crippen molar-refractivity contribution in [3.8, 4) is 11.5 Å². The van der Waals surface area contributed by atoms with Gasteiger partial charge in [0.1, 0.15) is 17.0 Å². The number of nitrogens with one attached hydrogen (secondary N) is 2. The van der Waals surface area contributed by atoms with Crippen LogP contribution < -0.4 is 15.4 Å². The smallest absolute Gasteiger partial charge is 0.240 e. The summed E-state index contributed by atoms with van der Waals surface area (Å²) in [6.45, 7) is 3.17. The predicted molar refractivity (Wildman–Crippen MR) is 153 cm³/mol. The first-order valence-electron chi connectivity index (χ1n) is 13.8. The zero-order chi connectivity index (χ0) is 28.2. The van der Waals surface area contributed by atoms with Gasteiger partial charge in [0.05, 0.1) is 10.2 Å². The lowest BCUT2D eigenvalue weighted by molar-refractivity contribution is -0.131. The topological polar surface area (TPSA) is 83.6 Å². The van der Waals surface area contributed by atoms with Gasteiger partial charge in [-0.05, 0) is 86.5 Å². The second-order valence-corrected chi connectivity index (χ2v) is 12.6. The first-order valence-corrected chi connectivity index (χ1v) is 14.6. The first-order chi connectivity index (χ1) is 19.8. The van der Waals surface area contributed by atoms with Gasteiger partial charge >= 0.3 is 0 Å². The maximum atomic E-state index is 15.1. The summed E-state index contributed by atoms with van der Waals surface area (Å²) in [5, 5.41) is 5.32. The molecule has 2 amide bonds. The van der Waals surface area contributed by atoms with E-state index < -0.39 is 28.9 Å². The number of hydrogen-bond acceptors (Lipinski definition) is 6. The zero-order valence-electron chi connectivity index (χ0n) is 22.2. The molecule has 0 unspecified atom stereocenters. The highest BCUT2D eigenvalue weighted by atomic mass is 32.1. The third-order valence-corrected chi connectivity index (χ3v) is 9.54. The van der Waals surface area contributed by atoms with Crippen LogP contribution in [0.15, 0.2) is 60.8 Å². The molecule has 2 aliphatic carbocycles. The van der Waals surface area contributed by atoms with E-state index in [4.69, 9.17) is 4.74 Å². The van der Waals surface area contributed by atoms with Crippen LogP contribution in [0.1, 0.15) is 37.0 Å². The van der Waals surface area contributed by atoms with E-state index in [9.17, 15) is 14.0 Å². The summed E-state index contributed by atoms with van der Waals surface area (Å²) in [6, 6.07) is 13.3. The molecule has 2 saturated carbocycles. The molecule has 1 saturated heterocycles. The molecule has 3 heterocycles. The number of amides is 2. The van der Waals surface area contributed by atoms with Crippen LogP contribution >= 0.6 is 11.3 Å². The number of thiophene rings is 1. The van der Waals surface area contributed by atoms with Crippen LogP contribution in [0.5, 0.6) is 11.5 Å². The minimum atomic E-state index is -1.24. The number of nitrogens with zero attached hydrogens (tertiary/aromatic N) is 2. The van der Waals surface area contributed by atoms with E-state index in [-0.39, 0.29) is 11.4 Å². The van der Waals surface area contributed by atoms with Crippen molar-refractivity contribution in [2.45, 2.75) is 38.6 Å². The summed E-state index contributed by atoms with van der Waals surface area (Å²) in [5.74, 6) is -1.51. The molecule has 2 aromatic carbocycles. The Hall–Kier alpha value is -3.89. The molecule has 10 heteroatoms. The summed E-state index contributed by atoms with van der Waals surface area (Å²) in [5.41, 5.74) is 0.767. The molecule has 4 aromatic rings. The Morgan fingerprint density at radius 1 is 0.902 bits per heavy atom. The van der Waals surface area contributed by atoms with Gasteiger partial charge in [0.2, 0.25) is 11.8 Å². The molecule has 2 aromatic heterocycles. The summed E-state index contributed by atoms with van der Waals surface area (Å²) in [4.78, 5) is 34.0. The van der Waals surface area contributed by atoms with Crippen molar-refractivity contribution in [3.63, 3.8) is 0 Å². The minimum absolute atomic E-state index is 0.0239. The molecule has 0 bridgehead atoms. The Morgan fingerprint density at radius 3 is 2.32 bits per heavy atom. The number of likely N-dealkylation sites (tertiary alicyclic amines) is 1. The van der Waals surface area contributed by atoms with Crippen LogP contribution in [0.25, 0.3) is 10.2 Å². The van der Waals surface area contributed by atoms with Crippen LogP contribution in [0.2, 0.25) is 0 Å². The van der Waals surface area contributed by atoms with Crippen molar-refractivity contribution in [1.82, 2.24) is 9.88 Å². The van der Waals surface area contributed by atoms with Gasteiger partial charge < -0.3 is 15.4 Å². The molecule has 0 atom stereocenters. The summed E-state index contributed by atoms with van der Waals surface area (Å²) >= 11 is 1.62. The molecule has 3 aliphatic rings. The molecule has 7 nitrogen and oxygen atoms in total. The second-order valence-electron chi connectivity index (χ2n) is 11.4. The Balaban J connectivity index is 1.02. The second kappa shape index (κ2) is 9.88. The number of aromatic nitrogens is 1. The van der Waals surface area contributed by atoms with Gasteiger partial charge in [0.15, 0.2) is 11.6 Å². The molecular formula is C31H28F2N4O3S. The number of hydrogen-bond donors (Lipinski definition) is 2. The standard InChI is InChI=1S/C31H28F2N4O3S/c32-19-1-3-20(4-2-19)35-28(38)31(10-11-31)29(39)36-21-5-6-25(23(33)15-21)40-26-7-13-34-24-16-22(41-27(24)26)17-37-14-12-30(18-37)8-9-30/h1-7,13,15-16H,8-12,14,17-18H2,(H,35,38)(H,36,39). The number of ether oxygens (including phenoxy) is 1. The van der Waals surface area contributed by atoms with E-state index in [0.29, 0.717) is 29.7 Å². The quantitative estimate of drug-likeness (QED) is 0.229. The van der Waals surface area contributed by atoms with Gasteiger partial charge in [-0.25, -0.2) is 8.78 Å². The third-order valence-electron chi connectivity index (χ3n) is 8.41. The fourth-order valence-corrected chi connectivity index (χ4v) is 6.69. The number of pyridine rings is 1. The van der Waals surface area contributed by atoms with Gasteiger partial charge in [0, 0.05) is 47.7 Å². The monoisotopic (exact) mass is 574 g/mol. The van der Waals surface area contributed by atoms with Crippen LogP contribution in [0.3, 0.4) is 0 Å². The number of fused-ring (bicyclic) bond motifs is 1. The van der Waals surface area contributed by atoms with Gasteiger partial charge in [-0.15, -0.1) is 11.3 Å². The van der Waals surface area contributed by atoms with Crippen LogP contribution in [-0.2, 0) is 16.1 Å². The minimum Gasteiger partial charge on any atom is -0.453 e. The molecule has 3 fully saturated rings. The normalized spacial score (nSPS) is 18.4. The zero-order valence-corrected chi connectivity index (χ0v) is 23.0. The van der Waals surface area contributed by atoms with Crippen molar-refractivity contribution in [2.75, 3.05) is 23.7 Å². The fourth-order valence-electron chi connectivity index (χ4n) is 5.59. The van der Waals surface area contributed by atoms with Gasteiger partial charge in [-0.1, -0.05) is 0 Å². The number of benzene rings is 2. The molecule has 210 valence electrons. The molecule has 1 spiro atoms. The summed E-state index contributed by atoms with van der Waals surface area (Å²) < 4.78 is 35.1. The van der Waals surface area contributed by atoms with Gasteiger partial charge in [-0.3, -0.25) is 19.5 Å². The van der Waals surface area contributed by atoms with Crippen LogP contribution in [0.4, 0.5) is 20.2 Å². The highest BCUT2D eigenvalue weighted by Gasteiger charge is 2.56. The van der Waals surface area contributed by atoms with Gasteiger partial charge in [-0.2, -0.15) is 0 Å². The average molecular weight is 575 g/mol. The van der Waals surface area contributed by atoms with E-state index in [1.807, 2.05) is 0 Å². The number of carbonyl (C=O) groups is 2. The first kappa shape index (κ1) is 26.0. The highest BCUT2D eigenvalue weighted by Crippen LogP contribution is 2.53. The molecule has 41 heavy (non-hydrogen) atoms. The molecular weight excluding hydrogens is 546 g/mol. The summed E-state index contributed by atoms with van der Waals surface area (Å²) in [7, 11) is 0. The van der Waals surface area contributed by atoms with E-state index >= 15 is 4.39 Å². The fraction of sp³-hybridized carbons (Fsp3) is 0.323. The SMILES string of the molecule is O=C(Nc1ccc(F)cc1)C1(C(=O)Nc2ccc(Oc3ccnc4cc(CN5CCC6(CC6)C5)sc34)c(F)c2)CC1. The number of rotatable bonds is 8. The van der Waals surface area contributed by atoms with E-state index in [2.05, 4.69) is 26.6 Å². The summed E-state index contributed by atoms with van der Waals surface area (Å²) in [6.07, 6.45) is 6.37. The Labute approximate surface area is 239 Å². The lowest BCUT2D eigenvalue weighted by atomic mass is 10.0. The molecule has 0 radical (unpaired) electrons. The Bertz CT molecular complexity index is 1660. The molecule has 2 N–H and O–H groups in total. The van der Waals surface area contributed by atoms with Gasteiger partial charge in [0.25, 0.3) is 0 Å². The van der Waals surface area contributed by atoms with E-state index in [0.717, 1.165) is 29.9 Å². The number of carbonyl (C=O) groups excluding carboxylic acids is 2. The van der Waals surface area contributed by atoms with Crippen molar-refractivity contribution >= 4 is 44.7 Å². The maximum absolute atomic E-state index is 15.1. The Kier molecular flexibility index (Phi) is 6.28. The van der Waals surface area contributed by atoms with Crippen LogP contribution in [0, 0.1) is 22.5 Å². The predicted octanol–water partition coefficient (Wildman–Crippen LogP) is 6.71. The van der Waals surface area contributed by atoms with Crippen LogP contribution in [-0.4, -0.2) is 34.8 Å². The van der Waals surface area contributed by atoms with E-state index in [1.165, 1.54) is 60.5 Å². The maximum Gasteiger partial charge on any atom is 0.240 e. The molecule has 7 rings (SSSR count). The average Bonchev–Trinajstić information content (AvgIpc) is 3.84. The lowest BCUT2D eigenvalue weighted by Crippen LogP contribution is -2.35. The van der Waals surface area contributed by atoms with E-state index in [1.54, 1.807) is 29.7 Å².